The number of nitrogens with zero attached hydrogens (tertiary/aromatic N) is 3. The maximum Gasteiger partial charge on any atom is 0.230 e. The van der Waals surface area contributed by atoms with E-state index >= 15 is 0 Å². The average Bonchev–Trinajstić information content (AvgIpc) is 3.10. The molecule has 1 unspecified atom stereocenters. The largest absolute Gasteiger partial charge is 0.497 e. The molecule has 1 N–H and O–H groups in total. The summed E-state index contributed by atoms with van der Waals surface area (Å²) in [5, 5.41) is 12.4. The van der Waals surface area contributed by atoms with Gasteiger partial charge in [0.25, 0.3) is 0 Å². The standard InChI is InChI=1S/C23H28N4O2S/c1-16(2)22(19-10-12-20(29-4)13-11-19)24-21(28)15-30-23-26-25-17(3)27(23)14-18-8-6-5-7-9-18/h5-13,16,22H,14-15H2,1-4H3,(H,24,28). The van der Waals surface area contributed by atoms with Crippen molar-refractivity contribution in [3.63, 3.8) is 0 Å². The van der Waals surface area contributed by atoms with Gasteiger partial charge in [0.2, 0.25) is 5.91 Å². The number of nitrogens with one attached hydrogen (secondary N) is 1. The van der Waals surface area contributed by atoms with E-state index in [0.717, 1.165) is 22.3 Å². The summed E-state index contributed by atoms with van der Waals surface area (Å²) in [5.41, 5.74) is 2.23. The quantitative estimate of drug-likeness (QED) is 0.520. The highest BCUT2D eigenvalue weighted by molar-refractivity contribution is 7.99. The number of carbonyl (C=O) groups excluding carboxylic acids is 1. The molecule has 0 radical (unpaired) electrons. The van der Waals surface area contributed by atoms with Gasteiger partial charge in [0, 0.05) is 0 Å². The lowest BCUT2D eigenvalue weighted by molar-refractivity contribution is -0.119. The fourth-order valence-corrected chi connectivity index (χ4v) is 4.00. The second-order valence-electron chi connectivity index (χ2n) is 7.45. The van der Waals surface area contributed by atoms with Gasteiger partial charge in [0.05, 0.1) is 25.4 Å². The van der Waals surface area contributed by atoms with Crippen LogP contribution in [0.15, 0.2) is 59.8 Å². The highest BCUT2D eigenvalue weighted by atomic mass is 32.2. The van der Waals surface area contributed by atoms with E-state index in [1.165, 1.54) is 17.3 Å². The van der Waals surface area contributed by atoms with Crippen LogP contribution in [0, 0.1) is 12.8 Å². The first-order chi connectivity index (χ1) is 14.5. The Labute approximate surface area is 182 Å². The van der Waals surface area contributed by atoms with Crippen LogP contribution in [0.25, 0.3) is 0 Å². The van der Waals surface area contributed by atoms with Crippen LogP contribution in [0.4, 0.5) is 0 Å². The van der Waals surface area contributed by atoms with Gasteiger partial charge < -0.3 is 14.6 Å². The molecule has 0 aliphatic carbocycles. The predicted molar refractivity (Wildman–Crippen MR) is 120 cm³/mol. The topological polar surface area (TPSA) is 69.0 Å². The molecule has 0 bridgehead atoms. The number of methoxy groups -OCH3 is 1. The summed E-state index contributed by atoms with van der Waals surface area (Å²) in [6, 6.07) is 17.9. The van der Waals surface area contributed by atoms with Crippen LogP contribution < -0.4 is 10.1 Å². The molecule has 30 heavy (non-hydrogen) atoms. The number of rotatable bonds is 9. The molecule has 0 saturated heterocycles. The normalized spacial score (nSPS) is 12.0. The van der Waals surface area contributed by atoms with Crippen molar-refractivity contribution in [3.05, 3.63) is 71.5 Å². The minimum absolute atomic E-state index is 0.0265. The van der Waals surface area contributed by atoms with Gasteiger partial charge in [-0.2, -0.15) is 0 Å². The molecular formula is C23H28N4O2S. The molecule has 0 spiro atoms. The lowest BCUT2D eigenvalue weighted by atomic mass is 9.96. The van der Waals surface area contributed by atoms with E-state index < -0.39 is 0 Å². The number of aromatic nitrogens is 3. The number of carbonyl (C=O) groups is 1. The Kier molecular flexibility index (Phi) is 7.52. The number of aryl methyl sites for hydroxylation is 1. The van der Waals surface area contributed by atoms with Crippen molar-refractivity contribution < 1.29 is 9.53 Å². The Morgan fingerprint density at radius 1 is 1.10 bits per heavy atom. The summed E-state index contributed by atoms with van der Waals surface area (Å²) >= 11 is 1.41. The van der Waals surface area contributed by atoms with E-state index in [2.05, 4.69) is 41.5 Å². The van der Waals surface area contributed by atoms with Crippen molar-refractivity contribution >= 4 is 17.7 Å². The summed E-state index contributed by atoms with van der Waals surface area (Å²) in [6.45, 7) is 6.81. The number of hydrogen-bond acceptors (Lipinski definition) is 5. The second-order valence-corrected chi connectivity index (χ2v) is 8.40. The van der Waals surface area contributed by atoms with Crippen molar-refractivity contribution in [1.29, 1.82) is 0 Å². The van der Waals surface area contributed by atoms with E-state index in [9.17, 15) is 4.79 Å². The number of thioether (sulfide) groups is 1. The van der Waals surface area contributed by atoms with Gasteiger partial charge in [-0.25, -0.2) is 0 Å². The predicted octanol–water partition coefficient (Wildman–Crippen LogP) is 4.25. The van der Waals surface area contributed by atoms with Crippen LogP contribution in [0.3, 0.4) is 0 Å². The van der Waals surface area contributed by atoms with E-state index in [0.29, 0.717) is 6.54 Å². The van der Waals surface area contributed by atoms with Gasteiger partial charge in [0.1, 0.15) is 11.6 Å². The molecule has 7 heteroatoms. The maximum atomic E-state index is 12.7. The van der Waals surface area contributed by atoms with Crippen molar-refractivity contribution in [1.82, 2.24) is 20.1 Å². The minimum Gasteiger partial charge on any atom is -0.497 e. The first-order valence-electron chi connectivity index (χ1n) is 9.97. The smallest absolute Gasteiger partial charge is 0.230 e. The number of amides is 1. The summed E-state index contributed by atoms with van der Waals surface area (Å²) in [4.78, 5) is 12.7. The average molecular weight is 425 g/mol. The third-order valence-electron chi connectivity index (χ3n) is 4.88. The molecule has 1 atom stereocenters. The molecule has 0 aliphatic rings. The van der Waals surface area contributed by atoms with Gasteiger partial charge in [-0.05, 0) is 36.1 Å². The fourth-order valence-electron chi connectivity index (χ4n) is 3.21. The van der Waals surface area contributed by atoms with E-state index in [-0.39, 0.29) is 23.6 Å². The van der Waals surface area contributed by atoms with Crippen molar-refractivity contribution in [3.8, 4) is 5.75 Å². The first kappa shape index (κ1) is 21.9. The summed E-state index contributed by atoms with van der Waals surface area (Å²) in [5.74, 6) is 2.15. The van der Waals surface area contributed by atoms with Gasteiger partial charge in [-0.3, -0.25) is 4.79 Å². The van der Waals surface area contributed by atoms with Gasteiger partial charge >= 0.3 is 0 Å². The zero-order valence-electron chi connectivity index (χ0n) is 17.8. The molecule has 1 aromatic heterocycles. The third kappa shape index (κ3) is 5.63. The lowest BCUT2D eigenvalue weighted by Gasteiger charge is -2.23. The summed E-state index contributed by atoms with van der Waals surface area (Å²) in [6.07, 6.45) is 0. The van der Waals surface area contributed by atoms with Gasteiger partial charge in [-0.1, -0.05) is 68.1 Å². The molecule has 0 fully saturated rings. The van der Waals surface area contributed by atoms with Crippen molar-refractivity contribution in [2.24, 2.45) is 5.92 Å². The SMILES string of the molecule is COc1ccc(C(NC(=O)CSc2nnc(C)n2Cc2ccccc2)C(C)C)cc1. The molecule has 0 saturated carbocycles. The maximum absolute atomic E-state index is 12.7. The molecule has 3 aromatic rings. The van der Waals surface area contributed by atoms with E-state index in [1.54, 1.807) is 7.11 Å². The molecule has 3 rings (SSSR count). The minimum atomic E-state index is -0.0621. The van der Waals surface area contributed by atoms with Crippen molar-refractivity contribution in [2.75, 3.05) is 12.9 Å². The van der Waals surface area contributed by atoms with E-state index in [1.807, 2.05) is 54.0 Å². The lowest BCUT2D eigenvalue weighted by Crippen LogP contribution is -2.33. The van der Waals surface area contributed by atoms with Crippen molar-refractivity contribution in [2.45, 2.75) is 38.5 Å². The highest BCUT2D eigenvalue weighted by Crippen LogP contribution is 2.25. The molecule has 2 aromatic carbocycles. The highest BCUT2D eigenvalue weighted by Gasteiger charge is 2.19. The first-order valence-corrected chi connectivity index (χ1v) is 11.0. The van der Waals surface area contributed by atoms with Crippen LogP contribution in [-0.4, -0.2) is 33.5 Å². The Morgan fingerprint density at radius 2 is 1.80 bits per heavy atom. The van der Waals surface area contributed by atoms with Crippen LogP contribution in [0.5, 0.6) is 5.75 Å². The molecule has 158 valence electrons. The fraction of sp³-hybridized carbons (Fsp3) is 0.348. The molecule has 6 nitrogen and oxygen atoms in total. The monoisotopic (exact) mass is 424 g/mol. The summed E-state index contributed by atoms with van der Waals surface area (Å²) in [7, 11) is 1.65. The Balaban J connectivity index is 1.63. The molecule has 1 heterocycles. The summed E-state index contributed by atoms with van der Waals surface area (Å²) < 4.78 is 7.27. The van der Waals surface area contributed by atoms with Gasteiger partial charge in [0.15, 0.2) is 5.16 Å². The molecule has 1 amide bonds. The van der Waals surface area contributed by atoms with E-state index in [4.69, 9.17) is 4.74 Å². The Morgan fingerprint density at radius 3 is 2.43 bits per heavy atom. The van der Waals surface area contributed by atoms with Gasteiger partial charge in [-0.15, -0.1) is 10.2 Å². The number of hydrogen-bond donors (Lipinski definition) is 1. The zero-order valence-corrected chi connectivity index (χ0v) is 18.6. The second kappa shape index (κ2) is 10.3. The zero-order chi connectivity index (χ0) is 21.5. The van der Waals surface area contributed by atoms with Crippen LogP contribution in [-0.2, 0) is 11.3 Å². The Hall–Kier alpha value is -2.80. The molecule has 0 aliphatic heterocycles. The van der Waals surface area contributed by atoms with Crippen LogP contribution >= 0.6 is 11.8 Å². The molecular weight excluding hydrogens is 396 g/mol. The number of benzene rings is 2. The third-order valence-corrected chi connectivity index (χ3v) is 5.84. The Bertz CT molecular complexity index is 955. The van der Waals surface area contributed by atoms with Crippen LogP contribution in [0.1, 0.15) is 36.8 Å². The number of ether oxygens (including phenoxy) is 1. The van der Waals surface area contributed by atoms with Crippen LogP contribution in [0.2, 0.25) is 0 Å².